The molecule has 0 nitrogen and oxygen atoms in total. The van der Waals surface area contributed by atoms with Crippen molar-refractivity contribution in [3.8, 4) is 0 Å². The molecule has 0 radical (unpaired) electrons. The van der Waals surface area contributed by atoms with Crippen molar-refractivity contribution in [3.63, 3.8) is 0 Å². The van der Waals surface area contributed by atoms with Gasteiger partial charge in [-0.2, -0.15) is 0 Å². The summed E-state index contributed by atoms with van der Waals surface area (Å²) >= 11 is 0. The minimum absolute atomic E-state index is 1.08. The maximum atomic E-state index is 4.06. The molecule has 0 saturated carbocycles. The van der Waals surface area contributed by atoms with Crippen LogP contribution in [-0.2, 0) is 0 Å². The van der Waals surface area contributed by atoms with Crippen LogP contribution in [0.25, 0.3) is 10.4 Å². The van der Waals surface area contributed by atoms with Crippen molar-refractivity contribution >= 4 is 18.5 Å². The zero-order valence-corrected chi connectivity index (χ0v) is 15.0. The molecule has 3 rings (SSSR count). The first-order chi connectivity index (χ1) is 11.2. The molecule has 0 fully saturated rings. The minimum atomic E-state index is -1.79. The molecule has 0 bridgehead atoms. The van der Waals surface area contributed by atoms with E-state index in [1.165, 1.54) is 16.7 Å². The Morgan fingerprint density at radius 2 is 1.48 bits per heavy atom. The lowest BCUT2D eigenvalue weighted by atomic mass is 10.1. The Labute approximate surface area is 140 Å². The molecule has 116 valence electrons. The molecular formula is C22H24Si. The fourth-order valence-electron chi connectivity index (χ4n) is 3.80. The summed E-state index contributed by atoms with van der Waals surface area (Å²) in [4.78, 5) is 0. The molecule has 2 aromatic carbocycles. The molecule has 1 aliphatic rings. The zero-order valence-electron chi connectivity index (χ0n) is 14.0. The molecule has 23 heavy (non-hydrogen) atoms. The van der Waals surface area contributed by atoms with E-state index < -0.39 is 8.07 Å². The zero-order chi connectivity index (χ0) is 16.3. The maximum Gasteiger partial charge on any atom is 0.120 e. The lowest BCUT2D eigenvalue weighted by Crippen LogP contribution is -2.32. The lowest BCUT2D eigenvalue weighted by Gasteiger charge is -2.29. The summed E-state index contributed by atoms with van der Waals surface area (Å²) in [5.41, 5.74) is 4.27. The largest absolute Gasteiger partial charge is 0.120 e. The Bertz CT molecular complexity index is 753. The first kappa shape index (κ1) is 15.8. The van der Waals surface area contributed by atoms with Gasteiger partial charge in [-0.3, -0.25) is 0 Å². The van der Waals surface area contributed by atoms with E-state index in [-0.39, 0.29) is 0 Å². The van der Waals surface area contributed by atoms with Crippen LogP contribution in [0.15, 0.2) is 85.0 Å². The van der Waals surface area contributed by atoms with E-state index in [0.717, 1.165) is 12.5 Å². The van der Waals surface area contributed by atoms with Gasteiger partial charge >= 0.3 is 0 Å². The highest BCUT2D eigenvalue weighted by atomic mass is 28.3. The quantitative estimate of drug-likeness (QED) is 0.449. The second-order valence-electron chi connectivity index (χ2n) is 6.37. The van der Waals surface area contributed by atoms with Gasteiger partial charge in [0.2, 0.25) is 0 Å². The third-order valence-electron chi connectivity index (χ3n) is 4.87. The van der Waals surface area contributed by atoms with Gasteiger partial charge in [0.15, 0.2) is 0 Å². The lowest BCUT2D eigenvalue weighted by molar-refractivity contribution is 1.16. The number of benzene rings is 2. The highest BCUT2D eigenvalue weighted by Crippen LogP contribution is 2.47. The van der Waals surface area contributed by atoms with E-state index in [2.05, 4.69) is 92.9 Å². The summed E-state index contributed by atoms with van der Waals surface area (Å²) in [7, 11) is -1.79. The normalized spacial score (nSPS) is 20.5. The molecule has 0 aromatic heterocycles. The first-order valence-corrected chi connectivity index (χ1v) is 11.1. The molecule has 0 spiro atoms. The highest BCUT2D eigenvalue weighted by Gasteiger charge is 2.41. The van der Waals surface area contributed by atoms with Gasteiger partial charge in [-0.05, 0) is 39.6 Å². The van der Waals surface area contributed by atoms with Gasteiger partial charge in [-0.25, -0.2) is 0 Å². The summed E-state index contributed by atoms with van der Waals surface area (Å²) in [6.07, 6.45) is 5.66. The van der Waals surface area contributed by atoms with Crippen LogP contribution in [0, 0.1) is 0 Å². The molecule has 1 unspecified atom stereocenters. The average Bonchev–Trinajstić information content (AvgIpc) is 2.89. The van der Waals surface area contributed by atoms with E-state index in [1.807, 2.05) is 0 Å². The molecule has 0 amide bonds. The topological polar surface area (TPSA) is 0 Å². The van der Waals surface area contributed by atoms with E-state index >= 15 is 0 Å². The molecule has 1 heteroatoms. The van der Waals surface area contributed by atoms with Gasteiger partial charge in [0.25, 0.3) is 0 Å². The van der Waals surface area contributed by atoms with Crippen molar-refractivity contribution in [1.29, 1.82) is 0 Å². The van der Waals surface area contributed by atoms with E-state index in [1.54, 1.807) is 10.4 Å². The predicted octanol–water partition coefficient (Wildman–Crippen LogP) is 6.29. The molecule has 0 N–H and O–H groups in total. The monoisotopic (exact) mass is 316 g/mol. The van der Waals surface area contributed by atoms with Crippen LogP contribution in [0.1, 0.15) is 24.5 Å². The van der Waals surface area contributed by atoms with Crippen LogP contribution in [0.5, 0.6) is 0 Å². The van der Waals surface area contributed by atoms with Gasteiger partial charge < -0.3 is 0 Å². The van der Waals surface area contributed by atoms with Gasteiger partial charge in [0.05, 0.1) is 0 Å². The molecule has 1 atom stereocenters. The first-order valence-electron chi connectivity index (χ1n) is 8.38. The Kier molecular flexibility index (Phi) is 4.49. The molecule has 2 aromatic rings. The van der Waals surface area contributed by atoms with Crippen molar-refractivity contribution in [2.24, 2.45) is 0 Å². The third-order valence-corrected chi connectivity index (χ3v) is 9.31. The summed E-state index contributed by atoms with van der Waals surface area (Å²) in [5, 5.41) is 3.15. The van der Waals surface area contributed by atoms with Crippen LogP contribution in [0.4, 0.5) is 0 Å². The van der Waals surface area contributed by atoms with Crippen LogP contribution < -0.4 is 0 Å². The molecule has 0 saturated heterocycles. The minimum Gasteiger partial charge on any atom is -0.103 e. The summed E-state index contributed by atoms with van der Waals surface area (Å²) < 4.78 is 0. The fourth-order valence-corrected chi connectivity index (χ4v) is 8.13. The molecule has 1 heterocycles. The van der Waals surface area contributed by atoms with Gasteiger partial charge in [-0.1, -0.05) is 86.3 Å². The second-order valence-corrected chi connectivity index (χ2v) is 10.5. The summed E-state index contributed by atoms with van der Waals surface area (Å²) in [6, 6.07) is 22.9. The van der Waals surface area contributed by atoms with Crippen LogP contribution in [0.3, 0.4) is 0 Å². The van der Waals surface area contributed by atoms with Gasteiger partial charge in [0.1, 0.15) is 8.07 Å². The molecular weight excluding hydrogens is 292 g/mol. The van der Waals surface area contributed by atoms with Gasteiger partial charge in [0, 0.05) is 0 Å². The van der Waals surface area contributed by atoms with Gasteiger partial charge in [-0.15, -0.1) is 6.58 Å². The van der Waals surface area contributed by atoms with E-state index in [0.29, 0.717) is 0 Å². The molecule has 0 aliphatic carbocycles. The second kappa shape index (κ2) is 6.55. The predicted molar refractivity (Wildman–Crippen MR) is 105 cm³/mol. The van der Waals surface area contributed by atoms with Crippen LogP contribution in [-0.4, -0.2) is 8.07 Å². The van der Waals surface area contributed by atoms with Crippen molar-refractivity contribution in [3.05, 3.63) is 96.1 Å². The standard InChI is InChI=1S/C22H24Si/c1-4-16-23(3)21(19-12-8-6-9-13-19)17-18(5-2)22(23)20-14-10-7-11-15-20/h4,6-15,17H,1,5,16H2,2-3H3. The van der Waals surface area contributed by atoms with Crippen molar-refractivity contribution < 1.29 is 0 Å². The Hall–Kier alpha value is -2.12. The smallest absolute Gasteiger partial charge is 0.103 e. The van der Waals surface area contributed by atoms with Crippen molar-refractivity contribution in [2.45, 2.75) is 25.9 Å². The average molecular weight is 317 g/mol. The van der Waals surface area contributed by atoms with E-state index in [4.69, 9.17) is 0 Å². The molecule has 1 aliphatic heterocycles. The Morgan fingerprint density at radius 3 is 2.00 bits per heavy atom. The van der Waals surface area contributed by atoms with Crippen LogP contribution >= 0.6 is 0 Å². The van der Waals surface area contributed by atoms with E-state index in [9.17, 15) is 0 Å². The SMILES string of the molecule is C=CC[Si]1(C)C(c2ccccc2)=CC(CC)=C1c1ccccc1. The number of allylic oxidation sites excluding steroid dienone is 3. The maximum absolute atomic E-state index is 4.06. The highest BCUT2D eigenvalue weighted by molar-refractivity contribution is 7.10. The Morgan fingerprint density at radius 1 is 0.913 bits per heavy atom. The van der Waals surface area contributed by atoms with Crippen molar-refractivity contribution in [1.82, 2.24) is 0 Å². The number of rotatable bonds is 5. The summed E-state index contributed by atoms with van der Waals surface area (Å²) in [6.45, 7) is 8.83. The third kappa shape index (κ3) is 2.77. The summed E-state index contributed by atoms with van der Waals surface area (Å²) in [5.74, 6) is 0. The fraction of sp³-hybridized carbons (Fsp3) is 0.182. The van der Waals surface area contributed by atoms with Crippen LogP contribution in [0.2, 0.25) is 12.6 Å². The number of hydrogen-bond acceptors (Lipinski definition) is 0. The Balaban J connectivity index is 2.18. The van der Waals surface area contributed by atoms with Crippen molar-refractivity contribution in [2.75, 3.05) is 0 Å². The number of hydrogen-bond donors (Lipinski definition) is 0.